The zero-order valence-electron chi connectivity index (χ0n) is 14.9. The van der Waals surface area contributed by atoms with Gasteiger partial charge in [-0.15, -0.1) is 0 Å². The van der Waals surface area contributed by atoms with Crippen molar-refractivity contribution < 1.29 is 9.47 Å². The molecule has 0 aliphatic carbocycles. The lowest BCUT2D eigenvalue weighted by molar-refractivity contribution is 0.120. The summed E-state index contributed by atoms with van der Waals surface area (Å²) in [6.07, 6.45) is 3.46. The summed E-state index contributed by atoms with van der Waals surface area (Å²) in [7, 11) is 1.68. The van der Waals surface area contributed by atoms with Crippen LogP contribution in [0.1, 0.15) is 24.1 Å². The molecule has 0 saturated carbocycles. The van der Waals surface area contributed by atoms with Crippen LogP contribution in [0.2, 0.25) is 0 Å². The molecule has 0 radical (unpaired) electrons. The molecule has 1 atom stereocenters. The van der Waals surface area contributed by atoms with Gasteiger partial charge in [0, 0.05) is 31.5 Å². The molecule has 0 amide bonds. The van der Waals surface area contributed by atoms with Crippen LogP contribution in [0.3, 0.4) is 0 Å². The van der Waals surface area contributed by atoms with E-state index in [4.69, 9.17) is 9.47 Å². The molecule has 6 nitrogen and oxygen atoms in total. The maximum absolute atomic E-state index is 5.64. The van der Waals surface area contributed by atoms with Crippen molar-refractivity contribution >= 4 is 11.8 Å². The molecular formula is C19H26N4O2. The average Bonchev–Trinajstić information content (AvgIpc) is 3.14. The van der Waals surface area contributed by atoms with Gasteiger partial charge in [0.25, 0.3) is 0 Å². The van der Waals surface area contributed by atoms with E-state index in [-0.39, 0.29) is 0 Å². The highest BCUT2D eigenvalue weighted by molar-refractivity contribution is 5.42. The molecule has 0 spiro atoms. The predicted molar refractivity (Wildman–Crippen MR) is 99.4 cm³/mol. The number of rotatable bonds is 8. The quantitative estimate of drug-likeness (QED) is 0.768. The molecule has 1 aliphatic rings. The molecule has 1 fully saturated rings. The van der Waals surface area contributed by atoms with Crippen LogP contribution in [-0.2, 0) is 11.2 Å². The largest absolute Gasteiger partial charge is 0.497 e. The molecule has 1 unspecified atom stereocenters. The van der Waals surface area contributed by atoms with E-state index in [2.05, 4.69) is 32.7 Å². The Labute approximate surface area is 149 Å². The van der Waals surface area contributed by atoms with Crippen molar-refractivity contribution in [2.75, 3.05) is 37.4 Å². The summed E-state index contributed by atoms with van der Waals surface area (Å²) in [5, 5.41) is 6.66. The Morgan fingerprint density at radius 1 is 1.20 bits per heavy atom. The smallest absolute Gasteiger partial charge is 0.224 e. The fraction of sp³-hybridized carbons (Fsp3) is 0.474. The van der Waals surface area contributed by atoms with Gasteiger partial charge in [0.05, 0.1) is 13.2 Å². The Morgan fingerprint density at radius 3 is 2.76 bits per heavy atom. The van der Waals surface area contributed by atoms with E-state index in [1.54, 1.807) is 7.11 Å². The highest BCUT2D eigenvalue weighted by Crippen LogP contribution is 2.15. The summed E-state index contributed by atoms with van der Waals surface area (Å²) < 4.78 is 10.8. The van der Waals surface area contributed by atoms with Crippen molar-refractivity contribution in [2.45, 2.75) is 32.3 Å². The van der Waals surface area contributed by atoms with Crippen molar-refractivity contribution in [3.8, 4) is 5.75 Å². The summed E-state index contributed by atoms with van der Waals surface area (Å²) in [6.45, 7) is 4.42. The number of benzene rings is 1. The lowest BCUT2D eigenvalue weighted by Gasteiger charge is -2.13. The Kier molecular flexibility index (Phi) is 6.06. The molecule has 25 heavy (non-hydrogen) atoms. The minimum atomic E-state index is 0.293. The van der Waals surface area contributed by atoms with Crippen molar-refractivity contribution in [3.05, 3.63) is 41.6 Å². The average molecular weight is 342 g/mol. The first-order chi connectivity index (χ1) is 12.2. The second-order valence-electron chi connectivity index (χ2n) is 6.26. The fourth-order valence-corrected chi connectivity index (χ4v) is 2.87. The van der Waals surface area contributed by atoms with E-state index in [0.29, 0.717) is 12.1 Å². The molecule has 0 bridgehead atoms. The summed E-state index contributed by atoms with van der Waals surface area (Å²) in [4.78, 5) is 9.00. The first kappa shape index (κ1) is 17.5. The molecule has 3 rings (SSSR count). The summed E-state index contributed by atoms with van der Waals surface area (Å²) in [5.41, 5.74) is 2.19. The van der Waals surface area contributed by atoms with Crippen LogP contribution in [0, 0.1) is 6.92 Å². The van der Waals surface area contributed by atoms with Gasteiger partial charge in [-0.3, -0.25) is 0 Å². The number of aryl methyl sites for hydroxylation is 1. The lowest BCUT2D eigenvalue weighted by Crippen LogP contribution is -2.19. The monoisotopic (exact) mass is 342 g/mol. The number of ether oxygens (including phenoxy) is 2. The highest BCUT2D eigenvalue weighted by Gasteiger charge is 2.15. The Hall–Kier alpha value is -2.34. The third-order valence-electron chi connectivity index (χ3n) is 4.24. The van der Waals surface area contributed by atoms with Crippen LogP contribution < -0.4 is 15.4 Å². The van der Waals surface area contributed by atoms with E-state index < -0.39 is 0 Å². The van der Waals surface area contributed by atoms with Gasteiger partial charge >= 0.3 is 0 Å². The van der Waals surface area contributed by atoms with Gasteiger partial charge in [0.15, 0.2) is 0 Å². The molecule has 1 aliphatic heterocycles. The number of methoxy groups -OCH3 is 1. The van der Waals surface area contributed by atoms with E-state index in [9.17, 15) is 0 Å². The summed E-state index contributed by atoms with van der Waals surface area (Å²) in [6, 6.07) is 10.1. The Bertz CT molecular complexity index is 670. The maximum atomic E-state index is 5.64. The summed E-state index contributed by atoms with van der Waals surface area (Å²) >= 11 is 0. The van der Waals surface area contributed by atoms with Gasteiger partial charge in [-0.1, -0.05) is 12.1 Å². The molecule has 134 valence electrons. The van der Waals surface area contributed by atoms with Crippen molar-refractivity contribution in [1.82, 2.24) is 9.97 Å². The van der Waals surface area contributed by atoms with Crippen molar-refractivity contribution in [3.63, 3.8) is 0 Å². The number of anilines is 2. The minimum Gasteiger partial charge on any atom is -0.497 e. The topological polar surface area (TPSA) is 68.3 Å². The van der Waals surface area contributed by atoms with E-state index in [1.165, 1.54) is 5.56 Å². The molecule has 6 heteroatoms. The third kappa shape index (κ3) is 5.32. The molecule has 2 N–H and O–H groups in total. The minimum absolute atomic E-state index is 0.293. The van der Waals surface area contributed by atoms with Crippen LogP contribution in [0.5, 0.6) is 5.75 Å². The molecule has 1 aromatic heterocycles. The molecule has 1 saturated heterocycles. The first-order valence-corrected chi connectivity index (χ1v) is 8.81. The SMILES string of the molecule is COc1ccc(CCNc2nc(C)cc(NCC3CCCO3)n2)cc1. The van der Waals surface area contributed by atoms with Gasteiger partial charge < -0.3 is 20.1 Å². The van der Waals surface area contributed by atoms with Crippen LogP contribution in [0.4, 0.5) is 11.8 Å². The second-order valence-corrected chi connectivity index (χ2v) is 6.26. The third-order valence-corrected chi connectivity index (χ3v) is 4.24. The van der Waals surface area contributed by atoms with Crippen LogP contribution >= 0.6 is 0 Å². The fourth-order valence-electron chi connectivity index (χ4n) is 2.87. The predicted octanol–water partition coefficient (Wildman–Crippen LogP) is 3.04. The first-order valence-electron chi connectivity index (χ1n) is 8.81. The van der Waals surface area contributed by atoms with Crippen LogP contribution in [0.25, 0.3) is 0 Å². The molecule has 1 aromatic carbocycles. The number of hydrogen-bond donors (Lipinski definition) is 2. The zero-order chi connectivity index (χ0) is 17.5. The number of aromatic nitrogens is 2. The lowest BCUT2D eigenvalue weighted by atomic mass is 10.1. The van der Waals surface area contributed by atoms with E-state index >= 15 is 0 Å². The standard InChI is InChI=1S/C19H26N4O2/c1-14-12-18(21-13-17-4-3-11-25-17)23-19(22-14)20-10-9-15-5-7-16(24-2)8-6-15/h5-8,12,17H,3-4,9-11,13H2,1-2H3,(H2,20,21,22,23). The normalized spacial score (nSPS) is 16.6. The van der Waals surface area contributed by atoms with Crippen molar-refractivity contribution in [1.29, 1.82) is 0 Å². The van der Waals surface area contributed by atoms with Gasteiger partial charge in [0.2, 0.25) is 5.95 Å². The summed E-state index contributed by atoms with van der Waals surface area (Å²) in [5.74, 6) is 2.37. The molecule has 2 heterocycles. The Balaban J connectivity index is 1.50. The van der Waals surface area contributed by atoms with Gasteiger partial charge in [-0.2, -0.15) is 4.98 Å². The molecular weight excluding hydrogens is 316 g/mol. The zero-order valence-corrected chi connectivity index (χ0v) is 14.9. The van der Waals surface area contributed by atoms with Crippen LogP contribution in [-0.4, -0.2) is 42.9 Å². The van der Waals surface area contributed by atoms with E-state index in [0.717, 1.165) is 56.2 Å². The van der Waals surface area contributed by atoms with Gasteiger partial charge in [-0.25, -0.2) is 4.98 Å². The van der Waals surface area contributed by atoms with Gasteiger partial charge in [0.1, 0.15) is 11.6 Å². The maximum Gasteiger partial charge on any atom is 0.224 e. The molecule has 2 aromatic rings. The second kappa shape index (κ2) is 8.67. The highest BCUT2D eigenvalue weighted by atomic mass is 16.5. The van der Waals surface area contributed by atoms with Gasteiger partial charge in [-0.05, 0) is 43.9 Å². The Morgan fingerprint density at radius 2 is 2.04 bits per heavy atom. The van der Waals surface area contributed by atoms with Crippen LogP contribution in [0.15, 0.2) is 30.3 Å². The van der Waals surface area contributed by atoms with Crippen molar-refractivity contribution in [2.24, 2.45) is 0 Å². The number of nitrogens with zero attached hydrogens (tertiary/aromatic N) is 2. The van der Waals surface area contributed by atoms with E-state index in [1.807, 2.05) is 25.1 Å². The number of hydrogen-bond acceptors (Lipinski definition) is 6. The number of nitrogens with one attached hydrogen (secondary N) is 2.